The highest BCUT2D eigenvalue weighted by Crippen LogP contribution is 2.20. The van der Waals surface area contributed by atoms with Gasteiger partial charge in [0.05, 0.1) is 6.10 Å². The van der Waals surface area contributed by atoms with Gasteiger partial charge in [-0.1, -0.05) is 6.92 Å². The average Bonchev–Trinajstić information content (AvgIpc) is 2.69. The maximum Gasteiger partial charge on any atom is 0.255 e. The van der Waals surface area contributed by atoms with Crippen LogP contribution in [0.15, 0.2) is 48.5 Å². The van der Waals surface area contributed by atoms with Crippen LogP contribution in [0, 0.1) is 5.92 Å². The molecule has 0 atom stereocenters. The highest BCUT2D eigenvalue weighted by Gasteiger charge is 2.21. The number of hydrogen-bond acceptors (Lipinski definition) is 3. The Morgan fingerprint density at radius 1 is 0.964 bits per heavy atom. The van der Waals surface area contributed by atoms with Crippen molar-refractivity contribution >= 4 is 17.5 Å². The fraction of sp³-hybridized carbons (Fsp3) is 0.391. The fourth-order valence-corrected chi connectivity index (χ4v) is 3.25. The summed E-state index contributed by atoms with van der Waals surface area (Å²) in [5.41, 5.74) is 1.84. The number of hydrogen-bond donors (Lipinski definition) is 1. The lowest BCUT2D eigenvalue weighted by molar-refractivity contribution is 0.0697. The van der Waals surface area contributed by atoms with Gasteiger partial charge < -0.3 is 15.0 Å². The van der Waals surface area contributed by atoms with E-state index in [-0.39, 0.29) is 17.9 Å². The summed E-state index contributed by atoms with van der Waals surface area (Å²) in [6, 6.07) is 14.1. The van der Waals surface area contributed by atoms with Crippen LogP contribution in [0.25, 0.3) is 0 Å². The predicted octanol–water partition coefficient (Wildman–Crippen LogP) is 4.60. The zero-order chi connectivity index (χ0) is 20.1. The molecule has 1 heterocycles. The third-order valence-corrected chi connectivity index (χ3v) is 4.95. The Morgan fingerprint density at radius 3 is 2.11 bits per heavy atom. The van der Waals surface area contributed by atoms with Crippen LogP contribution in [0.1, 0.15) is 54.3 Å². The SMILES string of the molecule is CC1CCN(C(=O)c2ccc(C(=O)Nc3ccc(OC(C)C)cc3)cc2)CC1. The standard InChI is InChI=1S/C23H28N2O3/c1-16(2)28-21-10-8-20(9-11-21)24-22(26)18-4-6-19(7-5-18)23(27)25-14-12-17(3)13-15-25/h4-11,16-17H,12-15H2,1-3H3,(H,24,26). The average molecular weight is 380 g/mol. The molecule has 2 aromatic carbocycles. The number of carbonyl (C=O) groups is 2. The summed E-state index contributed by atoms with van der Waals surface area (Å²) < 4.78 is 5.60. The Morgan fingerprint density at radius 2 is 1.54 bits per heavy atom. The number of rotatable bonds is 5. The summed E-state index contributed by atoms with van der Waals surface area (Å²) in [6.45, 7) is 7.77. The van der Waals surface area contributed by atoms with Crippen LogP contribution in [0.2, 0.25) is 0 Å². The van der Waals surface area contributed by atoms with Crippen LogP contribution < -0.4 is 10.1 Å². The first kappa shape index (κ1) is 19.9. The Balaban J connectivity index is 1.59. The number of ether oxygens (including phenoxy) is 1. The predicted molar refractivity (Wildman–Crippen MR) is 111 cm³/mol. The second-order valence-corrected chi connectivity index (χ2v) is 7.70. The van der Waals surface area contributed by atoms with Gasteiger partial charge in [-0.3, -0.25) is 9.59 Å². The Labute approximate surface area is 166 Å². The van der Waals surface area contributed by atoms with Crippen molar-refractivity contribution in [1.29, 1.82) is 0 Å². The van der Waals surface area contributed by atoms with E-state index in [1.165, 1.54) is 0 Å². The van der Waals surface area contributed by atoms with Crippen LogP contribution in [0.5, 0.6) is 5.75 Å². The molecule has 1 aliphatic heterocycles. The van der Waals surface area contributed by atoms with E-state index in [4.69, 9.17) is 4.74 Å². The lowest BCUT2D eigenvalue weighted by atomic mass is 9.98. The van der Waals surface area contributed by atoms with E-state index >= 15 is 0 Å². The van der Waals surface area contributed by atoms with Gasteiger partial charge >= 0.3 is 0 Å². The Bertz CT molecular complexity index is 805. The van der Waals surface area contributed by atoms with Crippen LogP contribution >= 0.6 is 0 Å². The quantitative estimate of drug-likeness (QED) is 0.825. The molecule has 0 bridgehead atoms. The van der Waals surface area contributed by atoms with Crippen molar-refractivity contribution in [3.63, 3.8) is 0 Å². The molecule has 1 N–H and O–H groups in total. The van der Waals surface area contributed by atoms with Crippen molar-refractivity contribution in [2.45, 2.75) is 39.7 Å². The molecule has 1 fully saturated rings. The lowest BCUT2D eigenvalue weighted by Crippen LogP contribution is -2.37. The van der Waals surface area contributed by atoms with Crippen LogP contribution in [-0.2, 0) is 0 Å². The van der Waals surface area contributed by atoms with E-state index < -0.39 is 0 Å². The highest BCUT2D eigenvalue weighted by molar-refractivity contribution is 6.05. The smallest absolute Gasteiger partial charge is 0.255 e. The molecule has 0 radical (unpaired) electrons. The van der Waals surface area contributed by atoms with Crippen molar-refractivity contribution in [2.24, 2.45) is 5.92 Å². The molecular weight excluding hydrogens is 352 g/mol. The molecule has 148 valence electrons. The summed E-state index contributed by atoms with van der Waals surface area (Å²) in [5, 5.41) is 2.87. The highest BCUT2D eigenvalue weighted by atomic mass is 16.5. The van der Waals surface area contributed by atoms with Gasteiger partial charge in [-0.25, -0.2) is 0 Å². The van der Waals surface area contributed by atoms with Crippen LogP contribution in [0.3, 0.4) is 0 Å². The van der Waals surface area contributed by atoms with Gasteiger partial charge in [-0.05, 0) is 81.1 Å². The number of nitrogens with zero attached hydrogens (tertiary/aromatic N) is 1. The van der Waals surface area contributed by atoms with Crippen LogP contribution in [0.4, 0.5) is 5.69 Å². The first-order chi connectivity index (χ1) is 13.4. The minimum Gasteiger partial charge on any atom is -0.491 e. The van der Waals surface area contributed by atoms with Gasteiger partial charge in [0, 0.05) is 29.9 Å². The number of piperidine rings is 1. The number of benzene rings is 2. The van der Waals surface area contributed by atoms with Gasteiger partial charge in [-0.2, -0.15) is 0 Å². The monoisotopic (exact) mass is 380 g/mol. The molecular formula is C23H28N2O3. The zero-order valence-corrected chi connectivity index (χ0v) is 16.8. The van der Waals surface area contributed by atoms with Gasteiger partial charge in [0.2, 0.25) is 0 Å². The maximum atomic E-state index is 12.6. The first-order valence-electron chi connectivity index (χ1n) is 9.90. The van der Waals surface area contributed by atoms with E-state index in [1.54, 1.807) is 24.3 Å². The van der Waals surface area contributed by atoms with E-state index in [2.05, 4.69) is 12.2 Å². The van der Waals surface area contributed by atoms with Gasteiger partial charge in [-0.15, -0.1) is 0 Å². The number of amides is 2. The molecule has 28 heavy (non-hydrogen) atoms. The van der Waals surface area contributed by atoms with E-state index in [1.807, 2.05) is 43.0 Å². The molecule has 3 rings (SSSR count). The summed E-state index contributed by atoms with van der Waals surface area (Å²) in [6.07, 6.45) is 2.20. The van der Waals surface area contributed by atoms with Gasteiger partial charge in [0.15, 0.2) is 0 Å². The molecule has 0 aliphatic carbocycles. The molecule has 0 aromatic heterocycles. The summed E-state index contributed by atoms with van der Waals surface area (Å²) >= 11 is 0. The lowest BCUT2D eigenvalue weighted by Gasteiger charge is -2.30. The van der Waals surface area contributed by atoms with E-state index in [9.17, 15) is 9.59 Å². The van der Waals surface area contributed by atoms with Crippen molar-refractivity contribution in [3.05, 3.63) is 59.7 Å². The van der Waals surface area contributed by atoms with Crippen molar-refractivity contribution in [1.82, 2.24) is 4.90 Å². The maximum absolute atomic E-state index is 12.6. The Hall–Kier alpha value is -2.82. The normalized spacial score (nSPS) is 14.8. The molecule has 1 aliphatic rings. The minimum atomic E-state index is -0.205. The van der Waals surface area contributed by atoms with Crippen molar-refractivity contribution < 1.29 is 14.3 Å². The molecule has 0 spiro atoms. The largest absolute Gasteiger partial charge is 0.491 e. The topological polar surface area (TPSA) is 58.6 Å². The molecule has 0 unspecified atom stereocenters. The second kappa shape index (κ2) is 8.91. The number of anilines is 1. The summed E-state index contributed by atoms with van der Waals surface area (Å²) in [7, 11) is 0. The minimum absolute atomic E-state index is 0.0413. The number of carbonyl (C=O) groups excluding carboxylic acids is 2. The molecule has 2 amide bonds. The molecule has 1 saturated heterocycles. The van der Waals surface area contributed by atoms with E-state index in [0.29, 0.717) is 22.7 Å². The number of likely N-dealkylation sites (tertiary alicyclic amines) is 1. The molecule has 0 saturated carbocycles. The zero-order valence-electron chi connectivity index (χ0n) is 16.8. The van der Waals surface area contributed by atoms with Gasteiger partial charge in [0.25, 0.3) is 11.8 Å². The van der Waals surface area contributed by atoms with Crippen molar-refractivity contribution in [3.8, 4) is 5.75 Å². The van der Waals surface area contributed by atoms with Gasteiger partial charge in [0.1, 0.15) is 5.75 Å². The molecule has 5 nitrogen and oxygen atoms in total. The third kappa shape index (κ3) is 5.12. The Kier molecular flexibility index (Phi) is 6.34. The summed E-state index contributed by atoms with van der Waals surface area (Å²) in [5.74, 6) is 1.28. The summed E-state index contributed by atoms with van der Waals surface area (Å²) in [4.78, 5) is 27.0. The van der Waals surface area contributed by atoms with Crippen molar-refractivity contribution in [2.75, 3.05) is 18.4 Å². The fourth-order valence-electron chi connectivity index (χ4n) is 3.25. The second-order valence-electron chi connectivity index (χ2n) is 7.70. The number of nitrogens with one attached hydrogen (secondary N) is 1. The third-order valence-electron chi connectivity index (χ3n) is 4.95. The molecule has 5 heteroatoms. The molecule has 2 aromatic rings. The van der Waals surface area contributed by atoms with Crippen LogP contribution in [-0.4, -0.2) is 35.9 Å². The van der Waals surface area contributed by atoms with E-state index in [0.717, 1.165) is 31.7 Å². The first-order valence-corrected chi connectivity index (χ1v) is 9.90.